The van der Waals surface area contributed by atoms with E-state index >= 15 is 0 Å². The van der Waals surface area contributed by atoms with Crippen molar-refractivity contribution < 1.29 is 100 Å². The Bertz CT molecular complexity index is 1820. The summed E-state index contributed by atoms with van der Waals surface area (Å²) in [6.45, 7) is 2.89. The molecule has 0 amide bonds. The molecule has 0 bridgehead atoms. The van der Waals surface area contributed by atoms with Gasteiger partial charge in [0.1, 0.15) is 6.10 Å². The fraction of sp³-hybridized carbons (Fsp3) is 0.848. The lowest BCUT2D eigenvalue weighted by Crippen LogP contribution is -2.20. The Morgan fingerprint density at radius 3 is 0.575 bits per heavy atom. The maximum Gasteiger partial charge on any atom is 0.306 e. The summed E-state index contributed by atoms with van der Waals surface area (Å²) in [5.74, 6) is -2.49. The number of ether oxygens (including phenoxy) is 10. The number of unbranched alkanes of at least 4 members (excludes halogenated alkanes) is 20. The Kier molecular flexibility index (Phi) is 54.6. The summed E-state index contributed by atoms with van der Waals surface area (Å²) in [7, 11) is 0. The molecule has 502 valence electrons. The van der Waals surface area contributed by atoms with Crippen molar-refractivity contribution in [3.63, 3.8) is 0 Å². The summed E-state index contributed by atoms with van der Waals surface area (Å²) >= 11 is 0. The van der Waals surface area contributed by atoms with Crippen LogP contribution in [-0.2, 0) is 95.3 Å². The highest BCUT2D eigenvalue weighted by molar-refractivity contribution is 5.72. The van der Waals surface area contributed by atoms with Gasteiger partial charge >= 0.3 is 59.7 Å². The first-order valence-corrected chi connectivity index (χ1v) is 33.6. The highest BCUT2D eigenvalue weighted by Crippen LogP contribution is 2.21. The Morgan fingerprint density at radius 2 is 0.391 bits per heavy atom. The predicted molar refractivity (Wildman–Crippen MR) is 323 cm³/mol. The second-order valence-electron chi connectivity index (χ2n) is 22.6. The Balaban J connectivity index is 1.80. The molecule has 1 saturated carbocycles. The molecule has 0 aromatic heterocycles. The van der Waals surface area contributed by atoms with Gasteiger partial charge in [-0.15, -0.1) is 0 Å². The smallest absolute Gasteiger partial charge is 0.306 e. The molecule has 87 heavy (non-hydrogen) atoms. The zero-order valence-electron chi connectivity index (χ0n) is 53.1. The molecular formula is C66H112O21. The first-order valence-electron chi connectivity index (χ1n) is 33.6. The van der Waals surface area contributed by atoms with Crippen LogP contribution in [0, 0.1) is 0 Å². The van der Waals surface area contributed by atoms with Crippen LogP contribution in [0.25, 0.3) is 0 Å². The first-order chi connectivity index (χ1) is 42.4. The summed E-state index contributed by atoms with van der Waals surface area (Å²) in [5.41, 5.74) is 0. The number of aliphatic hydroxyl groups is 1. The molecule has 1 aliphatic rings. The molecule has 0 atom stereocenters. The highest BCUT2D eigenvalue weighted by Gasteiger charge is 2.18. The average molecular weight is 1240 g/mol. The molecule has 0 aromatic carbocycles. The van der Waals surface area contributed by atoms with E-state index in [1.54, 1.807) is 0 Å². The quantitative estimate of drug-likeness (QED) is 0.0336. The normalized spacial score (nSPS) is 12.1. The fourth-order valence-electron chi connectivity index (χ4n) is 9.24. The number of esters is 10. The summed E-state index contributed by atoms with van der Waals surface area (Å²) < 4.78 is 53.0. The molecule has 0 unspecified atom stereocenters. The van der Waals surface area contributed by atoms with Crippen molar-refractivity contribution in [1.82, 2.24) is 0 Å². The van der Waals surface area contributed by atoms with Crippen molar-refractivity contribution >= 4 is 59.7 Å². The van der Waals surface area contributed by atoms with Crippen molar-refractivity contribution in [3.8, 4) is 0 Å². The molecule has 0 heterocycles. The van der Waals surface area contributed by atoms with Gasteiger partial charge < -0.3 is 52.5 Å². The molecule has 0 saturated heterocycles. The van der Waals surface area contributed by atoms with Gasteiger partial charge in [0.15, 0.2) is 0 Å². The summed E-state index contributed by atoms with van der Waals surface area (Å²) in [4.78, 5) is 120. The monoisotopic (exact) mass is 1240 g/mol. The molecule has 1 aliphatic carbocycles. The van der Waals surface area contributed by atoms with Crippen molar-refractivity contribution in [2.24, 2.45) is 0 Å². The molecular weight excluding hydrogens is 1130 g/mol. The van der Waals surface area contributed by atoms with Gasteiger partial charge in [-0.25, -0.2) is 0 Å². The third kappa shape index (κ3) is 56.9. The van der Waals surface area contributed by atoms with Gasteiger partial charge in [0.25, 0.3) is 0 Å². The zero-order chi connectivity index (χ0) is 63.3. The SMILES string of the molecule is O=C(CCCCCO)OCCCCCC(=O)OCCCCCC(=O)OCCCCCC(=O)OCCCCCC(=O)OCCCCCC(=O)OCCCCCC(=O)OCCCCCC(=O)OCCCCCC(=O)OCCCCCC(=O)OC1CCCCC1. The molecule has 0 aromatic rings. The van der Waals surface area contributed by atoms with E-state index in [9.17, 15) is 47.9 Å². The fourth-order valence-corrected chi connectivity index (χ4v) is 9.24. The van der Waals surface area contributed by atoms with Crippen molar-refractivity contribution in [3.05, 3.63) is 0 Å². The number of aliphatic hydroxyl groups excluding tert-OH is 1. The van der Waals surface area contributed by atoms with Crippen LogP contribution >= 0.6 is 0 Å². The van der Waals surface area contributed by atoms with Gasteiger partial charge in [0.05, 0.1) is 59.5 Å². The first kappa shape index (κ1) is 79.7. The van der Waals surface area contributed by atoms with E-state index in [2.05, 4.69) is 0 Å². The molecule has 0 spiro atoms. The van der Waals surface area contributed by atoms with Crippen molar-refractivity contribution in [1.29, 1.82) is 0 Å². The predicted octanol–water partition coefficient (Wildman–Crippen LogP) is 12.3. The highest BCUT2D eigenvalue weighted by atomic mass is 16.6. The van der Waals surface area contributed by atoms with Gasteiger partial charge in [-0.2, -0.15) is 0 Å². The molecule has 21 heteroatoms. The van der Waals surface area contributed by atoms with Gasteiger partial charge in [-0.1, -0.05) is 12.8 Å². The number of rotatable bonds is 60. The minimum Gasteiger partial charge on any atom is -0.466 e. The van der Waals surface area contributed by atoms with E-state index in [4.69, 9.17) is 52.5 Å². The number of hydrogen-bond donors (Lipinski definition) is 1. The molecule has 1 N–H and O–H groups in total. The van der Waals surface area contributed by atoms with Crippen LogP contribution in [0.3, 0.4) is 0 Å². The van der Waals surface area contributed by atoms with Crippen LogP contribution in [0.4, 0.5) is 0 Å². The molecule has 0 aliphatic heterocycles. The third-order valence-corrected chi connectivity index (χ3v) is 14.5. The topological polar surface area (TPSA) is 283 Å². The summed E-state index contributed by atoms with van der Waals surface area (Å²) in [6.07, 6.45) is 29.4. The van der Waals surface area contributed by atoms with Gasteiger partial charge in [-0.05, 0) is 212 Å². The van der Waals surface area contributed by atoms with Crippen LogP contribution in [0.2, 0.25) is 0 Å². The molecule has 1 rings (SSSR count). The second-order valence-corrected chi connectivity index (χ2v) is 22.6. The molecule has 21 nitrogen and oxygen atoms in total. The Hall–Kier alpha value is -5.34. The molecule has 0 radical (unpaired) electrons. The minimum absolute atomic E-state index is 0.0877. The van der Waals surface area contributed by atoms with Crippen molar-refractivity contribution in [2.45, 2.75) is 295 Å². The zero-order valence-corrected chi connectivity index (χ0v) is 53.1. The van der Waals surface area contributed by atoms with Gasteiger partial charge in [-0.3, -0.25) is 47.9 Å². The average Bonchev–Trinajstić information content (AvgIpc) is 3.54. The van der Waals surface area contributed by atoms with E-state index in [0.29, 0.717) is 194 Å². The van der Waals surface area contributed by atoms with E-state index in [1.165, 1.54) is 6.42 Å². The summed E-state index contributed by atoms with van der Waals surface area (Å²) in [6, 6.07) is 0. The maximum atomic E-state index is 12.1. The minimum atomic E-state index is -0.279. The van der Waals surface area contributed by atoms with Crippen LogP contribution < -0.4 is 0 Å². The lowest BCUT2D eigenvalue weighted by Gasteiger charge is -2.21. The van der Waals surface area contributed by atoms with Crippen LogP contribution in [0.5, 0.6) is 0 Å². The number of carbonyl (C=O) groups is 10. The van der Waals surface area contributed by atoms with Crippen molar-refractivity contribution in [2.75, 3.05) is 66.1 Å². The third-order valence-electron chi connectivity index (χ3n) is 14.5. The Labute approximate surface area is 519 Å². The summed E-state index contributed by atoms with van der Waals surface area (Å²) in [5, 5.41) is 8.76. The van der Waals surface area contributed by atoms with Crippen LogP contribution in [0.1, 0.15) is 289 Å². The van der Waals surface area contributed by atoms with Crippen LogP contribution in [0.15, 0.2) is 0 Å². The largest absolute Gasteiger partial charge is 0.466 e. The maximum absolute atomic E-state index is 12.1. The Morgan fingerprint density at radius 1 is 0.218 bits per heavy atom. The molecule has 1 fully saturated rings. The van der Waals surface area contributed by atoms with E-state index in [0.717, 1.165) is 103 Å². The van der Waals surface area contributed by atoms with E-state index in [-0.39, 0.29) is 118 Å². The van der Waals surface area contributed by atoms with Gasteiger partial charge in [0.2, 0.25) is 0 Å². The number of carbonyl (C=O) groups excluding carboxylic acids is 10. The van der Waals surface area contributed by atoms with E-state index < -0.39 is 0 Å². The standard InChI is InChI=1S/C66H112O21/c67-46-24-2-14-36-57(68)78-47-25-3-15-37-58(69)79-48-26-4-16-38-59(70)80-49-27-5-17-39-60(71)81-50-28-6-18-40-61(72)82-51-29-7-19-41-62(73)83-52-30-8-20-42-63(74)84-53-31-9-21-43-64(75)85-54-32-10-22-44-65(76)86-55-33-11-23-45-66(77)87-56-34-12-1-13-35-56/h56,67H,1-55H2. The van der Waals surface area contributed by atoms with E-state index in [1.807, 2.05) is 0 Å². The van der Waals surface area contributed by atoms with Crippen LogP contribution in [-0.4, -0.2) is 137 Å². The number of hydrogen-bond acceptors (Lipinski definition) is 21. The second kappa shape index (κ2) is 59.6. The van der Waals surface area contributed by atoms with Gasteiger partial charge in [0, 0.05) is 70.8 Å². The lowest BCUT2D eigenvalue weighted by molar-refractivity contribution is -0.151. The lowest BCUT2D eigenvalue weighted by atomic mass is 9.98.